The van der Waals surface area contributed by atoms with E-state index in [0.717, 1.165) is 5.56 Å². The van der Waals surface area contributed by atoms with Crippen molar-refractivity contribution in [3.63, 3.8) is 0 Å². The molecule has 1 aliphatic heterocycles. The van der Waals surface area contributed by atoms with Crippen LogP contribution in [0.3, 0.4) is 0 Å². The summed E-state index contributed by atoms with van der Waals surface area (Å²) in [5.74, 6) is -0.780. The quantitative estimate of drug-likeness (QED) is 0.850. The first-order valence-electron chi connectivity index (χ1n) is 8.45. The fourth-order valence-electron chi connectivity index (χ4n) is 3.12. The summed E-state index contributed by atoms with van der Waals surface area (Å²) in [6.07, 6.45) is 0.358. The molecule has 0 aliphatic carbocycles. The Morgan fingerprint density at radius 3 is 2.48 bits per heavy atom. The van der Waals surface area contributed by atoms with Gasteiger partial charge in [-0.2, -0.15) is 0 Å². The molecule has 1 N–H and O–H groups in total. The Balaban J connectivity index is 1.83. The lowest BCUT2D eigenvalue weighted by atomic mass is 9.85. The summed E-state index contributed by atoms with van der Waals surface area (Å²) >= 11 is 0. The minimum atomic E-state index is -4.03. The number of nitrogens with one attached hydrogen (secondary N) is 1. The van der Waals surface area contributed by atoms with E-state index in [4.69, 9.17) is 4.52 Å². The average molecular weight is 391 g/mol. The molecule has 1 aliphatic rings. The van der Waals surface area contributed by atoms with Gasteiger partial charge in [0.15, 0.2) is 0 Å². The van der Waals surface area contributed by atoms with Crippen LogP contribution in [-0.4, -0.2) is 42.4 Å². The molecule has 1 saturated heterocycles. The van der Waals surface area contributed by atoms with Crippen LogP contribution >= 0.6 is 0 Å². The smallest absolute Gasteiger partial charge is 0.264 e. The van der Waals surface area contributed by atoms with Crippen LogP contribution in [0.25, 0.3) is 0 Å². The van der Waals surface area contributed by atoms with Crippen LogP contribution in [0, 0.1) is 20.8 Å². The monoisotopic (exact) mass is 391 g/mol. The van der Waals surface area contributed by atoms with Crippen molar-refractivity contribution in [2.24, 2.45) is 0 Å². The van der Waals surface area contributed by atoms with Crippen LogP contribution in [0.5, 0.6) is 0 Å². The maximum atomic E-state index is 12.8. The Morgan fingerprint density at radius 1 is 1.26 bits per heavy atom. The van der Waals surface area contributed by atoms with Gasteiger partial charge in [0.1, 0.15) is 16.9 Å². The average Bonchev–Trinajstić information content (AvgIpc) is 2.91. The van der Waals surface area contributed by atoms with E-state index in [1.807, 2.05) is 0 Å². The number of nitrogens with zero attached hydrogens (tertiary/aromatic N) is 2. The number of carbonyl (C=O) groups is 2. The van der Waals surface area contributed by atoms with Crippen LogP contribution in [0.1, 0.15) is 40.7 Å². The maximum absolute atomic E-state index is 12.8. The van der Waals surface area contributed by atoms with E-state index in [2.05, 4.69) is 9.88 Å². The van der Waals surface area contributed by atoms with Crippen molar-refractivity contribution in [3.8, 4) is 0 Å². The van der Waals surface area contributed by atoms with Crippen LogP contribution in [0.2, 0.25) is 0 Å². The molecule has 0 saturated carbocycles. The molecule has 1 fully saturated rings. The van der Waals surface area contributed by atoms with Gasteiger partial charge in [-0.1, -0.05) is 17.3 Å². The Hall–Kier alpha value is -2.68. The van der Waals surface area contributed by atoms with E-state index >= 15 is 0 Å². The summed E-state index contributed by atoms with van der Waals surface area (Å²) in [5.41, 5.74) is 0.231. The number of benzene rings is 1. The van der Waals surface area contributed by atoms with Crippen molar-refractivity contribution >= 4 is 21.8 Å². The summed E-state index contributed by atoms with van der Waals surface area (Å²) in [4.78, 5) is 26.9. The van der Waals surface area contributed by atoms with E-state index < -0.39 is 27.4 Å². The lowest BCUT2D eigenvalue weighted by Crippen LogP contribution is -2.67. The predicted molar refractivity (Wildman–Crippen MR) is 96.5 cm³/mol. The van der Waals surface area contributed by atoms with Crippen molar-refractivity contribution in [2.75, 3.05) is 6.54 Å². The summed E-state index contributed by atoms with van der Waals surface area (Å²) in [6.45, 7) is 6.92. The highest BCUT2D eigenvalue weighted by atomic mass is 32.2. The van der Waals surface area contributed by atoms with Gasteiger partial charge >= 0.3 is 0 Å². The molecule has 2 amide bonds. The number of hydrogen-bond acceptors (Lipinski definition) is 6. The SMILES string of the molecule is Cc1cccc(S(=O)(=O)NC(=O)C2(C)CCN2C(=O)c2c(C)noc2C)c1. The van der Waals surface area contributed by atoms with Crippen molar-refractivity contribution in [2.45, 2.75) is 44.6 Å². The second-order valence-corrected chi connectivity index (χ2v) is 8.61. The molecule has 2 heterocycles. The Morgan fingerprint density at radius 2 is 1.96 bits per heavy atom. The zero-order chi connectivity index (χ0) is 20.0. The molecule has 8 nitrogen and oxygen atoms in total. The minimum absolute atomic E-state index is 0.00220. The Bertz CT molecular complexity index is 1010. The minimum Gasteiger partial charge on any atom is -0.361 e. The molecular weight excluding hydrogens is 370 g/mol. The van der Waals surface area contributed by atoms with Gasteiger partial charge < -0.3 is 9.42 Å². The Kier molecular flexibility index (Phi) is 4.59. The zero-order valence-corrected chi connectivity index (χ0v) is 16.4. The molecule has 144 valence electrons. The van der Waals surface area contributed by atoms with E-state index in [0.29, 0.717) is 30.0 Å². The Labute approximate surface area is 157 Å². The van der Waals surface area contributed by atoms with Gasteiger partial charge in [0.2, 0.25) is 0 Å². The molecule has 0 spiro atoms. The molecule has 1 unspecified atom stereocenters. The number of aromatic nitrogens is 1. The molecule has 0 bridgehead atoms. The van der Waals surface area contributed by atoms with Crippen LogP contribution in [0.15, 0.2) is 33.7 Å². The van der Waals surface area contributed by atoms with E-state index in [1.165, 1.54) is 17.0 Å². The van der Waals surface area contributed by atoms with Crippen LogP contribution in [-0.2, 0) is 14.8 Å². The summed E-state index contributed by atoms with van der Waals surface area (Å²) in [7, 11) is -4.03. The molecule has 27 heavy (non-hydrogen) atoms. The number of rotatable bonds is 4. The first-order valence-corrected chi connectivity index (χ1v) is 9.93. The van der Waals surface area contributed by atoms with Gasteiger partial charge in [-0.15, -0.1) is 0 Å². The third kappa shape index (κ3) is 3.23. The van der Waals surface area contributed by atoms with Crippen molar-refractivity contribution in [1.82, 2.24) is 14.8 Å². The highest BCUT2D eigenvalue weighted by molar-refractivity contribution is 7.90. The summed E-state index contributed by atoms with van der Waals surface area (Å²) < 4.78 is 32.2. The molecule has 9 heteroatoms. The lowest BCUT2D eigenvalue weighted by molar-refractivity contribution is -0.135. The molecule has 1 atom stereocenters. The van der Waals surface area contributed by atoms with Gasteiger partial charge in [-0.05, 0) is 51.8 Å². The molecule has 1 aromatic heterocycles. The molecule has 0 radical (unpaired) electrons. The fraction of sp³-hybridized carbons (Fsp3) is 0.389. The number of carbonyl (C=O) groups excluding carboxylic acids is 2. The van der Waals surface area contributed by atoms with Gasteiger partial charge in [-0.25, -0.2) is 13.1 Å². The topological polar surface area (TPSA) is 110 Å². The fourth-order valence-corrected chi connectivity index (χ4v) is 4.30. The van der Waals surface area contributed by atoms with Gasteiger partial charge in [0.05, 0.1) is 10.6 Å². The third-order valence-electron chi connectivity index (χ3n) is 4.93. The van der Waals surface area contributed by atoms with Gasteiger partial charge in [0, 0.05) is 6.54 Å². The highest BCUT2D eigenvalue weighted by Gasteiger charge is 2.51. The first-order chi connectivity index (χ1) is 12.6. The van der Waals surface area contributed by atoms with E-state index in [-0.39, 0.29) is 4.90 Å². The van der Waals surface area contributed by atoms with Gasteiger partial charge in [-0.3, -0.25) is 9.59 Å². The van der Waals surface area contributed by atoms with Crippen molar-refractivity contribution in [1.29, 1.82) is 0 Å². The molecular formula is C18H21N3O5S. The standard InChI is InChI=1S/C18H21N3O5S/c1-11-6-5-7-14(10-11)27(24,25)20-17(23)18(4)8-9-21(18)16(22)15-12(2)19-26-13(15)3/h5-7,10H,8-9H2,1-4H3,(H,20,23). The van der Waals surface area contributed by atoms with Gasteiger partial charge in [0.25, 0.3) is 21.8 Å². The number of amides is 2. The summed E-state index contributed by atoms with van der Waals surface area (Å²) in [5, 5.41) is 3.76. The van der Waals surface area contributed by atoms with Crippen molar-refractivity contribution in [3.05, 3.63) is 46.8 Å². The number of hydrogen-bond donors (Lipinski definition) is 1. The maximum Gasteiger partial charge on any atom is 0.264 e. The molecule has 2 aromatic rings. The number of likely N-dealkylation sites (tertiary alicyclic amines) is 1. The highest BCUT2D eigenvalue weighted by Crippen LogP contribution is 2.33. The second-order valence-electron chi connectivity index (χ2n) is 6.93. The lowest BCUT2D eigenvalue weighted by Gasteiger charge is -2.48. The normalized spacial score (nSPS) is 19.5. The van der Waals surface area contributed by atoms with E-state index in [1.54, 1.807) is 39.8 Å². The van der Waals surface area contributed by atoms with Crippen molar-refractivity contribution < 1.29 is 22.5 Å². The van der Waals surface area contributed by atoms with E-state index in [9.17, 15) is 18.0 Å². The number of sulfonamides is 1. The zero-order valence-electron chi connectivity index (χ0n) is 15.6. The molecule has 1 aromatic carbocycles. The first kappa shape index (κ1) is 19.1. The van der Waals surface area contributed by atoms with Crippen LogP contribution in [0.4, 0.5) is 0 Å². The third-order valence-corrected chi connectivity index (χ3v) is 6.26. The predicted octanol–water partition coefficient (Wildman–Crippen LogP) is 1.71. The summed E-state index contributed by atoms with van der Waals surface area (Å²) in [6, 6.07) is 6.26. The number of aryl methyl sites for hydroxylation is 3. The van der Waals surface area contributed by atoms with Crippen LogP contribution < -0.4 is 4.72 Å². The second kappa shape index (κ2) is 6.49. The molecule has 3 rings (SSSR count). The largest absolute Gasteiger partial charge is 0.361 e.